The average Bonchev–Trinajstić information content (AvgIpc) is 2.37. The SMILES string of the molecule is CC1CC(C)C(C)N(C(CN)C2CCCOC2)C1. The molecule has 0 radical (unpaired) electrons. The van der Waals surface area contributed by atoms with Crippen molar-refractivity contribution in [2.75, 3.05) is 26.3 Å². The van der Waals surface area contributed by atoms with Crippen molar-refractivity contribution in [3.63, 3.8) is 0 Å². The molecule has 0 aromatic heterocycles. The van der Waals surface area contributed by atoms with Gasteiger partial charge in [-0.1, -0.05) is 13.8 Å². The molecule has 0 aromatic rings. The third-order valence-electron chi connectivity index (χ3n) is 5.05. The Morgan fingerprint density at radius 2 is 2.11 bits per heavy atom. The number of hydrogen-bond donors (Lipinski definition) is 1. The summed E-state index contributed by atoms with van der Waals surface area (Å²) in [4.78, 5) is 2.68. The third kappa shape index (κ3) is 3.06. The van der Waals surface area contributed by atoms with Crippen molar-refractivity contribution in [1.29, 1.82) is 0 Å². The van der Waals surface area contributed by atoms with Crippen LogP contribution in [0, 0.1) is 17.8 Å². The molecule has 2 fully saturated rings. The molecule has 3 nitrogen and oxygen atoms in total. The molecule has 5 atom stereocenters. The lowest BCUT2D eigenvalue weighted by atomic mass is 9.82. The zero-order valence-electron chi connectivity index (χ0n) is 12.3. The highest BCUT2D eigenvalue weighted by Gasteiger charge is 2.36. The monoisotopic (exact) mass is 254 g/mol. The van der Waals surface area contributed by atoms with Crippen LogP contribution in [0.5, 0.6) is 0 Å². The molecule has 5 unspecified atom stereocenters. The standard InChI is InChI=1S/C15H30N2O/c1-11-7-12(2)13(3)17(9-11)15(8-16)14-5-4-6-18-10-14/h11-15H,4-10,16H2,1-3H3. The summed E-state index contributed by atoms with van der Waals surface area (Å²) in [5.41, 5.74) is 6.09. The Labute approximate surface area is 112 Å². The van der Waals surface area contributed by atoms with Gasteiger partial charge < -0.3 is 10.5 Å². The van der Waals surface area contributed by atoms with Crippen LogP contribution in [-0.4, -0.2) is 43.3 Å². The number of ether oxygens (including phenoxy) is 1. The average molecular weight is 254 g/mol. The van der Waals surface area contributed by atoms with Crippen LogP contribution in [-0.2, 0) is 4.74 Å². The van der Waals surface area contributed by atoms with Crippen molar-refractivity contribution in [3.8, 4) is 0 Å². The van der Waals surface area contributed by atoms with E-state index in [-0.39, 0.29) is 0 Å². The molecular formula is C15H30N2O. The molecule has 2 saturated heterocycles. The van der Waals surface area contributed by atoms with Crippen molar-refractivity contribution in [2.24, 2.45) is 23.5 Å². The van der Waals surface area contributed by atoms with E-state index in [0.29, 0.717) is 18.0 Å². The van der Waals surface area contributed by atoms with E-state index in [9.17, 15) is 0 Å². The first-order chi connectivity index (χ1) is 8.63. The van der Waals surface area contributed by atoms with E-state index in [0.717, 1.165) is 31.6 Å². The summed E-state index contributed by atoms with van der Waals surface area (Å²) in [7, 11) is 0. The smallest absolute Gasteiger partial charge is 0.0509 e. The number of nitrogens with zero attached hydrogens (tertiary/aromatic N) is 1. The Hall–Kier alpha value is -0.120. The van der Waals surface area contributed by atoms with Crippen molar-refractivity contribution in [1.82, 2.24) is 4.90 Å². The molecule has 3 heteroatoms. The molecule has 0 spiro atoms. The molecule has 0 aliphatic carbocycles. The Kier molecular flexibility index (Phi) is 5.05. The van der Waals surface area contributed by atoms with E-state index in [1.165, 1.54) is 25.8 Å². The number of hydrogen-bond acceptors (Lipinski definition) is 3. The maximum absolute atomic E-state index is 6.09. The minimum atomic E-state index is 0.519. The van der Waals surface area contributed by atoms with Gasteiger partial charge in [0.1, 0.15) is 0 Å². The summed E-state index contributed by atoms with van der Waals surface area (Å²) < 4.78 is 5.66. The Morgan fingerprint density at radius 1 is 1.33 bits per heavy atom. The topological polar surface area (TPSA) is 38.5 Å². The molecule has 0 bridgehead atoms. The molecule has 2 N–H and O–H groups in total. The van der Waals surface area contributed by atoms with Crippen molar-refractivity contribution >= 4 is 0 Å². The zero-order valence-corrected chi connectivity index (χ0v) is 12.3. The van der Waals surface area contributed by atoms with Crippen molar-refractivity contribution in [2.45, 2.75) is 52.1 Å². The van der Waals surface area contributed by atoms with E-state index < -0.39 is 0 Å². The minimum Gasteiger partial charge on any atom is -0.381 e. The molecule has 2 rings (SSSR count). The molecule has 2 heterocycles. The van der Waals surface area contributed by atoms with E-state index >= 15 is 0 Å². The minimum absolute atomic E-state index is 0.519. The fourth-order valence-corrected chi connectivity index (χ4v) is 3.86. The molecule has 18 heavy (non-hydrogen) atoms. The normalized spacial score (nSPS) is 40.7. The Balaban J connectivity index is 2.04. The summed E-state index contributed by atoms with van der Waals surface area (Å²) in [6, 6.07) is 1.18. The highest BCUT2D eigenvalue weighted by atomic mass is 16.5. The highest BCUT2D eigenvalue weighted by molar-refractivity contribution is 4.90. The number of likely N-dealkylation sites (tertiary alicyclic amines) is 1. The van der Waals surface area contributed by atoms with Crippen LogP contribution in [0.15, 0.2) is 0 Å². The number of piperidine rings is 1. The van der Waals surface area contributed by atoms with Crippen LogP contribution in [0.25, 0.3) is 0 Å². The van der Waals surface area contributed by atoms with Gasteiger partial charge in [0.25, 0.3) is 0 Å². The maximum Gasteiger partial charge on any atom is 0.0509 e. The molecule has 2 aliphatic heterocycles. The largest absolute Gasteiger partial charge is 0.381 e. The van der Waals surface area contributed by atoms with Crippen LogP contribution < -0.4 is 5.73 Å². The summed E-state index contributed by atoms with van der Waals surface area (Å²) in [6.07, 6.45) is 3.85. The lowest BCUT2D eigenvalue weighted by molar-refractivity contribution is -0.0278. The first-order valence-corrected chi connectivity index (χ1v) is 7.67. The number of rotatable bonds is 3. The molecule has 0 aromatic carbocycles. The van der Waals surface area contributed by atoms with E-state index in [4.69, 9.17) is 10.5 Å². The Morgan fingerprint density at radius 3 is 2.72 bits per heavy atom. The van der Waals surface area contributed by atoms with Gasteiger partial charge in [-0.15, -0.1) is 0 Å². The van der Waals surface area contributed by atoms with Gasteiger partial charge in [0, 0.05) is 31.8 Å². The first kappa shape index (κ1) is 14.3. The van der Waals surface area contributed by atoms with Crippen molar-refractivity contribution < 1.29 is 4.74 Å². The third-order valence-corrected chi connectivity index (χ3v) is 5.05. The van der Waals surface area contributed by atoms with Gasteiger partial charge in [-0.25, -0.2) is 0 Å². The van der Waals surface area contributed by atoms with E-state index in [2.05, 4.69) is 25.7 Å². The fourth-order valence-electron chi connectivity index (χ4n) is 3.86. The summed E-state index contributed by atoms with van der Waals surface area (Å²) in [5, 5.41) is 0. The molecule has 106 valence electrons. The van der Waals surface area contributed by atoms with Gasteiger partial charge in [0.05, 0.1) is 6.61 Å². The predicted octanol–water partition coefficient (Wildman–Crippen LogP) is 2.11. The zero-order chi connectivity index (χ0) is 13.1. The summed E-state index contributed by atoms with van der Waals surface area (Å²) >= 11 is 0. The molecule has 2 aliphatic rings. The van der Waals surface area contributed by atoms with Gasteiger partial charge in [-0.05, 0) is 43.9 Å². The van der Waals surface area contributed by atoms with E-state index in [1.807, 2.05) is 0 Å². The second-order valence-electron chi connectivity index (χ2n) is 6.54. The van der Waals surface area contributed by atoms with Gasteiger partial charge in [-0.2, -0.15) is 0 Å². The lowest BCUT2D eigenvalue weighted by Gasteiger charge is -2.48. The lowest BCUT2D eigenvalue weighted by Crippen LogP contribution is -2.56. The molecule has 0 amide bonds. The van der Waals surface area contributed by atoms with Gasteiger partial charge in [0.15, 0.2) is 0 Å². The van der Waals surface area contributed by atoms with Gasteiger partial charge in [-0.3, -0.25) is 4.90 Å². The fraction of sp³-hybridized carbons (Fsp3) is 1.00. The van der Waals surface area contributed by atoms with Crippen molar-refractivity contribution in [3.05, 3.63) is 0 Å². The predicted molar refractivity (Wildman–Crippen MR) is 75.5 cm³/mol. The molecular weight excluding hydrogens is 224 g/mol. The maximum atomic E-state index is 6.09. The van der Waals surface area contributed by atoms with Crippen LogP contribution in [0.2, 0.25) is 0 Å². The first-order valence-electron chi connectivity index (χ1n) is 7.67. The quantitative estimate of drug-likeness (QED) is 0.838. The second-order valence-corrected chi connectivity index (χ2v) is 6.54. The highest BCUT2D eigenvalue weighted by Crippen LogP contribution is 2.32. The Bertz CT molecular complexity index is 253. The van der Waals surface area contributed by atoms with Gasteiger partial charge >= 0.3 is 0 Å². The van der Waals surface area contributed by atoms with E-state index in [1.54, 1.807) is 0 Å². The van der Waals surface area contributed by atoms with Crippen LogP contribution >= 0.6 is 0 Å². The second kappa shape index (κ2) is 6.36. The summed E-state index contributed by atoms with van der Waals surface area (Å²) in [5.74, 6) is 2.23. The van der Waals surface area contributed by atoms with Crippen LogP contribution in [0.3, 0.4) is 0 Å². The summed E-state index contributed by atoms with van der Waals surface area (Å²) in [6.45, 7) is 11.0. The van der Waals surface area contributed by atoms with Gasteiger partial charge in [0.2, 0.25) is 0 Å². The van der Waals surface area contributed by atoms with Crippen LogP contribution in [0.1, 0.15) is 40.0 Å². The van der Waals surface area contributed by atoms with Crippen LogP contribution in [0.4, 0.5) is 0 Å². The number of nitrogens with two attached hydrogens (primary N) is 1. The molecule has 0 saturated carbocycles.